The Labute approximate surface area is 110 Å². The van der Waals surface area contributed by atoms with Gasteiger partial charge < -0.3 is 5.11 Å². The first-order valence-electron chi connectivity index (χ1n) is 7.04. The van der Waals surface area contributed by atoms with E-state index in [2.05, 4.69) is 34.6 Å². The Morgan fingerprint density at radius 1 is 1.44 bits per heavy atom. The molecule has 2 rings (SSSR count). The van der Waals surface area contributed by atoms with E-state index in [0.717, 1.165) is 44.7 Å². The van der Waals surface area contributed by atoms with Crippen LogP contribution in [0, 0.1) is 12.8 Å². The van der Waals surface area contributed by atoms with Crippen molar-refractivity contribution in [2.45, 2.75) is 52.8 Å². The lowest BCUT2D eigenvalue weighted by Crippen LogP contribution is -2.37. The number of aromatic nitrogens is 2. The molecular weight excluding hydrogens is 226 g/mol. The van der Waals surface area contributed by atoms with Gasteiger partial charge in [0.2, 0.25) is 0 Å². The number of aliphatic hydroxyl groups is 1. The zero-order valence-corrected chi connectivity index (χ0v) is 11.8. The van der Waals surface area contributed by atoms with Gasteiger partial charge in [0.1, 0.15) is 0 Å². The molecule has 0 aliphatic carbocycles. The molecule has 1 atom stereocenters. The molecule has 1 fully saturated rings. The minimum absolute atomic E-state index is 0.157. The van der Waals surface area contributed by atoms with Crippen molar-refractivity contribution in [2.24, 2.45) is 5.92 Å². The van der Waals surface area contributed by atoms with Gasteiger partial charge in [-0.2, -0.15) is 5.10 Å². The van der Waals surface area contributed by atoms with E-state index in [1.807, 2.05) is 6.92 Å². The maximum Gasteiger partial charge on any atom is 0.0597 e. The molecule has 0 saturated carbocycles. The lowest BCUT2D eigenvalue weighted by molar-refractivity contribution is 0.0687. The molecule has 4 heteroatoms. The third-order valence-electron chi connectivity index (χ3n) is 3.99. The van der Waals surface area contributed by atoms with Crippen LogP contribution >= 0.6 is 0 Å². The summed E-state index contributed by atoms with van der Waals surface area (Å²) >= 11 is 0. The number of piperidine rings is 1. The molecule has 1 aliphatic heterocycles. The van der Waals surface area contributed by atoms with Gasteiger partial charge in [0.25, 0.3) is 0 Å². The molecule has 1 N–H and O–H groups in total. The van der Waals surface area contributed by atoms with Crippen LogP contribution in [0.3, 0.4) is 0 Å². The van der Waals surface area contributed by atoms with Gasteiger partial charge in [0, 0.05) is 13.1 Å². The van der Waals surface area contributed by atoms with Crippen molar-refractivity contribution in [3.8, 4) is 0 Å². The summed E-state index contributed by atoms with van der Waals surface area (Å²) in [6.07, 6.45) is 2.06. The molecule has 1 unspecified atom stereocenters. The fourth-order valence-electron chi connectivity index (χ4n) is 2.82. The quantitative estimate of drug-likeness (QED) is 0.887. The van der Waals surface area contributed by atoms with Crippen molar-refractivity contribution >= 4 is 0 Å². The molecule has 102 valence electrons. The second kappa shape index (κ2) is 5.85. The van der Waals surface area contributed by atoms with Crippen LogP contribution in [0.2, 0.25) is 0 Å². The Bertz CT molecular complexity index is 378. The van der Waals surface area contributed by atoms with Crippen molar-refractivity contribution in [3.63, 3.8) is 0 Å². The average molecular weight is 251 g/mol. The summed E-state index contributed by atoms with van der Waals surface area (Å²) in [5, 5.41) is 14.1. The first-order chi connectivity index (χ1) is 8.60. The van der Waals surface area contributed by atoms with Crippen LogP contribution in [0.1, 0.15) is 38.1 Å². The second-order valence-electron chi connectivity index (χ2n) is 5.45. The molecule has 1 aliphatic rings. The van der Waals surface area contributed by atoms with E-state index in [1.165, 1.54) is 5.69 Å². The van der Waals surface area contributed by atoms with Crippen LogP contribution < -0.4 is 0 Å². The van der Waals surface area contributed by atoms with E-state index in [9.17, 15) is 5.11 Å². The zero-order chi connectivity index (χ0) is 13.1. The number of likely N-dealkylation sites (tertiary alicyclic amines) is 1. The van der Waals surface area contributed by atoms with E-state index in [0.29, 0.717) is 5.92 Å². The number of hydrogen-bond acceptors (Lipinski definition) is 3. The van der Waals surface area contributed by atoms with E-state index < -0.39 is 0 Å². The highest BCUT2D eigenvalue weighted by atomic mass is 16.3. The second-order valence-corrected chi connectivity index (χ2v) is 5.45. The number of rotatable bonds is 4. The molecule has 0 bridgehead atoms. The van der Waals surface area contributed by atoms with E-state index in [4.69, 9.17) is 0 Å². The number of hydrogen-bond donors (Lipinski definition) is 1. The largest absolute Gasteiger partial charge is 0.393 e. The van der Waals surface area contributed by atoms with Crippen molar-refractivity contribution < 1.29 is 5.11 Å². The van der Waals surface area contributed by atoms with Crippen molar-refractivity contribution in [3.05, 3.63) is 17.5 Å². The van der Waals surface area contributed by atoms with Gasteiger partial charge in [0.05, 0.1) is 17.5 Å². The highest BCUT2D eigenvalue weighted by molar-refractivity contribution is 5.09. The molecule has 0 aromatic carbocycles. The summed E-state index contributed by atoms with van der Waals surface area (Å²) in [7, 11) is 0. The van der Waals surface area contributed by atoms with E-state index in [-0.39, 0.29) is 6.10 Å². The maximum absolute atomic E-state index is 9.61. The van der Waals surface area contributed by atoms with Gasteiger partial charge in [-0.15, -0.1) is 0 Å². The predicted molar refractivity (Wildman–Crippen MR) is 72.3 cm³/mol. The molecule has 18 heavy (non-hydrogen) atoms. The fourth-order valence-corrected chi connectivity index (χ4v) is 2.82. The average Bonchev–Trinajstić information content (AvgIpc) is 2.70. The Kier molecular flexibility index (Phi) is 4.40. The highest BCUT2D eigenvalue weighted by Gasteiger charge is 2.23. The molecule has 4 nitrogen and oxygen atoms in total. The maximum atomic E-state index is 9.61. The molecular formula is C14H25N3O. The van der Waals surface area contributed by atoms with Crippen LogP contribution in [0.5, 0.6) is 0 Å². The summed E-state index contributed by atoms with van der Waals surface area (Å²) in [5.41, 5.74) is 2.41. The summed E-state index contributed by atoms with van der Waals surface area (Å²) in [6, 6.07) is 2.18. The molecule has 1 aromatic rings. The zero-order valence-electron chi connectivity index (χ0n) is 11.8. The first-order valence-corrected chi connectivity index (χ1v) is 7.04. The SMILES string of the molecule is CCn1nc(C)cc1CN1CCC(C(C)O)CC1. The molecule has 2 heterocycles. The molecule has 0 amide bonds. The summed E-state index contributed by atoms with van der Waals surface area (Å²) in [5.74, 6) is 0.485. The van der Waals surface area contributed by atoms with Gasteiger partial charge in [-0.05, 0) is 58.7 Å². The molecule has 1 saturated heterocycles. The third kappa shape index (κ3) is 3.12. The topological polar surface area (TPSA) is 41.3 Å². The van der Waals surface area contributed by atoms with Crippen LogP contribution in [0.15, 0.2) is 6.07 Å². The monoisotopic (exact) mass is 251 g/mol. The first kappa shape index (κ1) is 13.6. The van der Waals surface area contributed by atoms with Gasteiger partial charge in [-0.25, -0.2) is 0 Å². The van der Waals surface area contributed by atoms with Crippen LogP contribution in [-0.2, 0) is 13.1 Å². The Morgan fingerprint density at radius 3 is 2.67 bits per heavy atom. The number of aliphatic hydroxyl groups excluding tert-OH is 1. The number of aryl methyl sites for hydroxylation is 2. The van der Waals surface area contributed by atoms with E-state index >= 15 is 0 Å². The normalized spacial score (nSPS) is 20.2. The van der Waals surface area contributed by atoms with Crippen molar-refractivity contribution in [1.29, 1.82) is 0 Å². The van der Waals surface area contributed by atoms with E-state index in [1.54, 1.807) is 0 Å². The van der Waals surface area contributed by atoms with Crippen molar-refractivity contribution in [2.75, 3.05) is 13.1 Å². The summed E-state index contributed by atoms with van der Waals surface area (Å²) in [6.45, 7) is 10.2. The summed E-state index contributed by atoms with van der Waals surface area (Å²) in [4.78, 5) is 2.47. The predicted octanol–water partition coefficient (Wildman–Crippen LogP) is 1.80. The lowest BCUT2D eigenvalue weighted by atomic mass is 9.92. The Morgan fingerprint density at radius 2 is 2.11 bits per heavy atom. The standard InChI is InChI=1S/C14H25N3O/c1-4-17-14(9-11(2)15-17)10-16-7-5-13(6-8-16)12(3)18/h9,12-13,18H,4-8,10H2,1-3H3. The molecule has 0 spiro atoms. The van der Waals surface area contributed by atoms with Gasteiger partial charge in [-0.1, -0.05) is 0 Å². The number of nitrogens with zero attached hydrogens (tertiary/aromatic N) is 3. The lowest BCUT2D eigenvalue weighted by Gasteiger charge is -2.33. The van der Waals surface area contributed by atoms with Crippen LogP contribution in [-0.4, -0.2) is 39.0 Å². The minimum atomic E-state index is -0.157. The van der Waals surface area contributed by atoms with Gasteiger partial charge in [0.15, 0.2) is 0 Å². The summed E-state index contributed by atoms with van der Waals surface area (Å²) < 4.78 is 2.09. The highest BCUT2D eigenvalue weighted by Crippen LogP contribution is 2.22. The smallest absolute Gasteiger partial charge is 0.0597 e. The van der Waals surface area contributed by atoms with Crippen LogP contribution in [0.25, 0.3) is 0 Å². The third-order valence-corrected chi connectivity index (χ3v) is 3.99. The molecule has 0 radical (unpaired) electrons. The van der Waals surface area contributed by atoms with Crippen molar-refractivity contribution in [1.82, 2.24) is 14.7 Å². The van der Waals surface area contributed by atoms with Gasteiger partial charge in [-0.3, -0.25) is 9.58 Å². The molecule has 1 aromatic heterocycles. The fraction of sp³-hybridized carbons (Fsp3) is 0.786. The minimum Gasteiger partial charge on any atom is -0.393 e. The Balaban J connectivity index is 1.91. The van der Waals surface area contributed by atoms with Gasteiger partial charge >= 0.3 is 0 Å². The Hall–Kier alpha value is -0.870. The van der Waals surface area contributed by atoms with Crippen LogP contribution in [0.4, 0.5) is 0 Å².